The van der Waals surface area contributed by atoms with Crippen LogP contribution in [0.3, 0.4) is 0 Å². The van der Waals surface area contributed by atoms with E-state index in [1.807, 2.05) is 35.0 Å². The van der Waals surface area contributed by atoms with Crippen LogP contribution in [0.25, 0.3) is 10.9 Å². The molecule has 0 aliphatic heterocycles. The molecule has 1 heterocycles. The van der Waals surface area contributed by atoms with Crippen molar-refractivity contribution in [2.24, 2.45) is 0 Å². The number of nitrogens with zero attached hydrogens (tertiary/aromatic N) is 1. The molecule has 0 unspecified atom stereocenters. The highest BCUT2D eigenvalue weighted by Crippen LogP contribution is 2.21. The fourth-order valence-electron chi connectivity index (χ4n) is 2.06. The normalized spacial score (nSPS) is 10.6. The van der Waals surface area contributed by atoms with E-state index >= 15 is 0 Å². The molecule has 0 atom stereocenters. The van der Waals surface area contributed by atoms with Crippen molar-refractivity contribution in [3.05, 3.63) is 30.5 Å². The fourth-order valence-corrected chi connectivity index (χ4v) is 2.06. The number of amides is 1. The fraction of sp³-hybridized carbons (Fsp3) is 0.400. The average molecular weight is 260 g/mol. The van der Waals surface area contributed by atoms with Crippen LogP contribution in [0.4, 0.5) is 0 Å². The summed E-state index contributed by atoms with van der Waals surface area (Å²) in [4.78, 5) is 11.8. The molecular formula is C15H20N2O2. The minimum Gasteiger partial charge on any atom is -0.497 e. The first kappa shape index (κ1) is 13.5. The quantitative estimate of drug-likeness (QED) is 0.811. The topological polar surface area (TPSA) is 43.3 Å². The summed E-state index contributed by atoms with van der Waals surface area (Å²) >= 11 is 0. The summed E-state index contributed by atoms with van der Waals surface area (Å²) in [5, 5.41) is 4.01. The Kier molecular flexibility index (Phi) is 4.44. The smallest absolute Gasteiger partial charge is 0.239 e. The molecular weight excluding hydrogens is 240 g/mol. The number of aromatic nitrogens is 1. The first-order chi connectivity index (χ1) is 9.24. The summed E-state index contributed by atoms with van der Waals surface area (Å²) in [5.41, 5.74) is 1.05. The van der Waals surface area contributed by atoms with E-state index in [2.05, 4.69) is 12.2 Å². The zero-order chi connectivity index (χ0) is 13.7. The van der Waals surface area contributed by atoms with E-state index in [0.717, 1.165) is 36.0 Å². The zero-order valence-corrected chi connectivity index (χ0v) is 11.5. The second-order valence-corrected chi connectivity index (χ2v) is 4.57. The largest absolute Gasteiger partial charge is 0.497 e. The van der Waals surface area contributed by atoms with Crippen molar-refractivity contribution in [1.29, 1.82) is 0 Å². The van der Waals surface area contributed by atoms with Gasteiger partial charge in [0.2, 0.25) is 5.91 Å². The van der Waals surface area contributed by atoms with Crippen molar-refractivity contribution in [2.75, 3.05) is 13.7 Å². The number of methoxy groups -OCH3 is 1. The Morgan fingerprint density at radius 2 is 2.21 bits per heavy atom. The Hall–Kier alpha value is -1.97. The molecule has 0 aliphatic rings. The molecule has 0 saturated carbocycles. The first-order valence-corrected chi connectivity index (χ1v) is 6.64. The minimum atomic E-state index is 0.0572. The molecule has 0 aliphatic carbocycles. The number of carbonyl (C=O) groups excluding carboxylic acids is 1. The second kappa shape index (κ2) is 6.27. The zero-order valence-electron chi connectivity index (χ0n) is 11.5. The Morgan fingerprint density at radius 3 is 2.95 bits per heavy atom. The summed E-state index contributed by atoms with van der Waals surface area (Å²) in [6.45, 7) is 3.22. The Labute approximate surface area is 113 Å². The monoisotopic (exact) mass is 260 g/mol. The average Bonchev–Trinajstić information content (AvgIpc) is 2.81. The van der Waals surface area contributed by atoms with Crippen LogP contribution in [0, 0.1) is 0 Å². The predicted octanol–water partition coefficient (Wildman–Crippen LogP) is 2.57. The van der Waals surface area contributed by atoms with Crippen LogP contribution in [0.2, 0.25) is 0 Å². The number of benzene rings is 1. The number of rotatable bonds is 6. The maximum Gasteiger partial charge on any atom is 0.239 e. The van der Waals surface area contributed by atoms with E-state index in [4.69, 9.17) is 4.74 Å². The van der Waals surface area contributed by atoms with Gasteiger partial charge in [0, 0.05) is 23.6 Å². The highest BCUT2D eigenvalue weighted by molar-refractivity contribution is 5.84. The van der Waals surface area contributed by atoms with Crippen LogP contribution in [0.1, 0.15) is 19.8 Å². The maximum absolute atomic E-state index is 11.8. The molecule has 0 fully saturated rings. The van der Waals surface area contributed by atoms with Gasteiger partial charge in [-0.2, -0.15) is 0 Å². The molecule has 0 radical (unpaired) electrons. The van der Waals surface area contributed by atoms with Crippen LogP contribution in [-0.4, -0.2) is 24.1 Å². The Morgan fingerprint density at radius 1 is 1.37 bits per heavy atom. The number of nitrogens with one attached hydrogen (secondary N) is 1. The lowest BCUT2D eigenvalue weighted by molar-refractivity contribution is -0.121. The van der Waals surface area contributed by atoms with E-state index in [-0.39, 0.29) is 5.91 Å². The van der Waals surface area contributed by atoms with Gasteiger partial charge in [0.1, 0.15) is 12.3 Å². The van der Waals surface area contributed by atoms with E-state index in [1.165, 1.54) is 0 Å². The van der Waals surface area contributed by atoms with Gasteiger partial charge < -0.3 is 14.6 Å². The van der Waals surface area contributed by atoms with Gasteiger partial charge in [-0.3, -0.25) is 4.79 Å². The number of hydrogen-bond donors (Lipinski definition) is 1. The molecule has 2 aromatic rings. The number of carbonyl (C=O) groups is 1. The van der Waals surface area contributed by atoms with Crippen LogP contribution < -0.4 is 10.1 Å². The molecule has 0 spiro atoms. The molecule has 102 valence electrons. The van der Waals surface area contributed by atoms with E-state index in [1.54, 1.807) is 7.11 Å². The standard InChI is InChI=1S/C15H20N2O2/c1-3-4-8-16-15(18)11-17-9-7-12-10-13(19-2)5-6-14(12)17/h5-7,9-10H,3-4,8,11H2,1-2H3,(H,16,18). The molecule has 19 heavy (non-hydrogen) atoms. The third kappa shape index (κ3) is 3.28. The van der Waals surface area contributed by atoms with Crippen LogP contribution in [-0.2, 0) is 11.3 Å². The summed E-state index contributed by atoms with van der Waals surface area (Å²) in [6, 6.07) is 7.86. The number of fused-ring (bicyclic) bond motifs is 1. The lowest BCUT2D eigenvalue weighted by Crippen LogP contribution is -2.28. The highest BCUT2D eigenvalue weighted by Gasteiger charge is 2.06. The number of ether oxygens (including phenoxy) is 1. The lowest BCUT2D eigenvalue weighted by atomic mass is 10.2. The van der Waals surface area contributed by atoms with Crippen molar-refractivity contribution in [1.82, 2.24) is 9.88 Å². The van der Waals surface area contributed by atoms with Gasteiger partial charge in [0.15, 0.2) is 0 Å². The van der Waals surface area contributed by atoms with E-state index in [9.17, 15) is 4.79 Å². The molecule has 1 N–H and O–H groups in total. The summed E-state index contributed by atoms with van der Waals surface area (Å²) in [6.07, 6.45) is 4.05. The van der Waals surface area contributed by atoms with Gasteiger partial charge in [0.25, 0.3) is 0 Å². The Bertz CT molecular complexity index is 560. The van der Waals surface area contributed by atoms with Gasteiger partial charge in [-0.15, -0.1) is 0 Å². The highest BCUT2D eigenvalue weighted by atomic mass is 16.5. The van der Waals surface area contributed by atoms with Crippen LogP contribution in [0.5, 0.6) is 5.75 Å². The van der Waals surface area contributed by atoms with Gasteiger partial charge in [0.05, 0.1) is 7.11 Å². The summed E-state index contributed by atoms with van der Waals surface area (Å²) < 4.78 is 7.14. The van der Waals surface area contributed by atoms with Crippen molar-refractivity contribution in [3.8, 4) is 5.75 Å². The number of unbranched alkanes of at least 4 members (excludes halogenated alkanes) is 1. The minimum absolute atomic E-state index is 0.0572. The SMILES string of the molecule is CCCCNC(=O)Cn1ccc2cc(OC)ccc21. The predicted molar refractivity (Wildman–Crippen MR) is 76.4 cm³/mol. The van der Waals surface area contributed by atoms with Crippen molar-refractivity contribution < 1.29 is 9.53 Å². The molecule has 1 amide bonds. The van der Waals surface area contributed by atoms with Gasteiger partial charge in [-0.05, 0) is 30.7 Å². The van der Waals surface area contributed by atoms with Crippen molar-refractivity contribution in [2.45, 2.75) is 26.3 Å². The van der Waals surface area contributed by atoms with Crippen LogP contribution in [0.15, 0.2) is 30.5 Å². The molecule has 4 nitrogen and oxygen atoms in total. The number of hydrogen-bond acceptors (Lipinski definition) is 2. The van der Waals surface area contributed by atoms with Crippen molar-refractivity contribution >= 4 is 16.8 Å². The third-order valence-electron chi connectivity index (χ3n) is 3.14. The van der Waals surface area contributed by atoms with Gasteiger partial charge >= 0.3 is 0 Å². The van der Waals surface area contributed by atoms with Gasteiger partial charge in [-0.25, -0.2) is 0 Å². The molecule has 0 saturated heterocycles. The maximum atomic E-state index is 11.8. The molecule has 2 rings (SSSR count). The molecule has 4 heteroatoms. The second-order valence-electron chi connectivity index (χ2n) is 4.57. The van der Waals surface area contributed by atoms with E-state index < -0.39 is 0 Å². The third-order valence-corrected chi connectivity index (χ3v) is 3.14. The van der Waals surface area contributed by atoms with Crippen molar-refractivity contribution in [3.63, 3.8) is 0 Å². The molecule has 1 aromatic heterocycles. The summed E-state index contributed by atoms with van der Waals surface area (Å²) in [5.74, 6) is 0.888. The first-order valence-electron chi connectivity index (χ1n) is 6.64. The molecule has 0 bridgehead atoms. The summed E-state index contributed by atoms with van der Waals surface area (Å²) in [7, 11) is 1.65. The molecule has 1 aromatic carbocycles. The Balaban J connectivity index is 2.06. The van der Waals surface area contributed by atoms with Crippen LogP contribution >= 0.6 is 0 Å². The van der Waals surface area contributed by atoms with Gasteiger partial charge in [-0.1, -0.05) is 13.3 Å². The van der Waals surface area contributed by atoms with E-state index in [0.29, 0.717) is 6.54 Å². The lowest BCUT2D eigenvalue weighted by Gasteiger charge is -2.07.